The van der Waals surface area contributed by atoms with Gasteiger partial charge >= 0.3 is 5.97 Å². The lowest BCUT2D eigenvalue weighted by atomic mass is 9.62. The summed E-state index contributed by atoms with van der Waals surface area (Å²) in [6, 6.07) is 13.2. The molecule has 8 nitrogen and oxygen atoms in total. The molecule has 2 aromatic rings. The van der Waals surface area contributed by atoms with Crippen LogP contribution in [0.3, 0.4) is 0 Å². The lowest BCUT2D eigenvalue weighted by molar-refractivity contribution is -0.162. The quantitative estimate of drug-likeness (QED) is 0.233. The summed E-state index contributed by atoms with van der Waals surface area (Å²) in [4.78, 5) is 46.6. The molecular formula is C35H42N2O6. The van der Waals surface area contributed by atoms with E-state index in [9.17, 15) is 14.7 Å². The van der Waals surface area contributed by atoms with Crippen molar-refractivity contribution in [3.8, 4) is 0 Å². The van der Waals surface area contributed by atoms with Crippen LogP contribution in [-0.4, -0.2) is 64.8 Å². The molecule has 1 N–H and O–H groups in total. The van der Waals surface area contributed by atoms with Crippen molar-refractivity contribution in [2.45, 2.75) is 63.8 Å². The molecule has 8 heteroatoms. The molecule has 7 atom stereocenters. The molecule has 5 rings (SSSR count). The standard InChI is InChI=1S/C35H42N2O6/c1-7-9-18-42-33(41)29-28-31(39)37(27(21-38)25-13-11-10-12-14-25)30(35(28)20-24(5)34(29,6)43-35)32(40)36(17-8-2)26-19-22(3)15-16-23(26)4/h7-8,10-16,19,24,27-30,38H,1-2,9,17-18,20-21H2,3-6H3/t24?,27-,28+,29+,30?,34-,35?/m1/s1. The molecule has 2 aromatic carbocycles. The molecule has 0 aliphatic carbocycles. The van der Waals surface area contributed by atoms with E-state index in [1.807, 2.05) is 76.2 Å². The van der Waals surface area contributed by atoms with Crippen LogP contribution in [-0.2, 0) is 23.9 Å². The van der Waals surface area contributed by atoms with Crippen LogP contribution in [0.5, 0.6) is 0 Å². The highest BCUT2D eigenvalue weighted by atomic mass is 16.6. The van der Waals surface area contributed by atoms with E-state index in [0.29, 0.717) is 24.1 Å². The lowest BCUT2D eigenvalue weighted by Gasteiger charge is -2.40. The monoisotopic (exact) mass is 586 g/mol. The number of fused-ring (bicyclic) bond motifs is 1. The number of anilines is 1. The summed E-state index contributed by atoms with van der Waals surface area (Å²) in [6.07, 6.45) is 4.22. The molecule has 1 spiro atoms. The maximum atomic E-state index is 15.0. The number of benzene rings is 2. The van der Waals surface area contributed by atoms with Crippen molar-refractivity contribution in [2.75, 3.05) is 24.7 Å². The zero-order chi connectivity index (χ0) is 31.1. The highest BCUT2D eigenvalue weighted by Gasteiger charge is 2.81. The third kappa shape index (κ3) is 4.81. The Balaban J connectivity index is 1.68. The summed E-state index contributed by atoms with van der Waals surface area (Å²) < 4.78 is 12.5. The summed E-state index contributed by atoms with van der Waals surface area (Å²) in [6.45, 7) is 15.3. The summed E-state index contributed by atoms with van der Waals surface area (Å²) in [5.41, 5.74) is 0.993. The fourth-order valence-electron chi connectivity index (χ4n) is 7.61. The SMILES string of the molecule is C=CCCOC(=O)[C@@H]1[C@H]2C(=O)N([C@H](CO)c3ccccc3)C(C(=O)N(CC=C)c3cc(C)ccc3C)C23CC(C)[C@@]1(C)O3. The first-order valence-corrected chi connectivity index (χ1v) is 15.0. The van der Waals surface area contributed by atoms with Gasteiger partial charge in [-0.25, -0.2) is 0 Å². The molecule has 3 saturated heterocycles. The van der Waals surface area contributed by atoms with E-state index in [1.54, 1.807) is 17.1 Å². The molecule has 3 aliphatic rings. The third-order valence-electron chi connectivity index (χ3n) is 9.73. The first kappa shape index (κ1) is 30.7. The van der Waals surface area contributed by atoms with Gasteiger partial charge in [0.05, 0.1) is 30.8 Å². The largest absolute Gasteiger partial charge is 0.465 e. The number of rotatable bonds is 11. The fourth-order valence-corrected chi connectivity index (χ4v) is 7.61. The van der Waals surface area contributed by atoms with Gasteiger partial charge in [-0.3, -0.25) is 14.4 Å². The zero-order valence-electron chi connectivity index (χ0n) is 25.5. The lowest BCUT2D eigenvalue weighted by Crippen LogP contribution is -2.57. The fraction of sp³-hybridized carbons (Fsp3) is 0.457. The Morgan fingerprint density at radius 2 is 1.91 bits per heavy atom. The molecule has 3 heterocycles. The van der Waals surface area contributed by atoms with Crippen molar-refractivity contribution >= 4 is 23.5 Å². The average Bonchev–Trinajstić information content (AvgIpc) is 3.50. The van der Waals surface area contributed by atoms with Crippen LogP contribution in [0, 0.1) is 31.6 Å². The maximum Gasteiger partial charge on any atom is 0.312 e. The van der Waals surface area contributed by atoms with Gasteiger partial charge in [0.15, 0.2) is 0 Å². The molecule has 3 unspecified atom stereocenters. The summed E-state index contributed by atoms with van der Waals surface area (Å²) in [5, 5.41) is 10.8. The number of aliphatic hydroxyl groups excluding tert-OH is 1. The minimum absolute atomic E-state index is 0.137. The second-order valence-electron chi connectivity index (χ2n) is 12.3. The molecule has 0 radical (unpaired) electrons. The zero-order valence-corrected chi connectivity index (χ0v) is 25.5. The van der Waals surface area contributed by atoms with Crippen LogP contribution in [0.1, 0.15) is 49.4 Å². The molecule has 2 amide bonds. The smallest absolute Gasteiger partial charge is 0.312 e. The molecule has 0 aromatic heterocycles. The molecule has 0 saturated carbocycles. The minimum atomic E-state index is -1.29. The molecule has 3 aliphatic heterocycles. The van der Waals surface area contributed by atoms with Crippen molar-refractivity contribution in [3.05, 3.63) is 90.5 Å². The summed E-state index contributed by atoms with van der Waals surface area (Å²) in [5.74, 6) is -3.22. The number of ether oxygens (including phenoxy) is 2. The van der Waals surface area contributed by atoms with E-state index < -0.39 is 47.7 Å². The normalized spacial score (nSPS) is 29.7. The first-order valence-electron chi connectivity index (χ1n) is 15.0. The second kappa shape index (κ2) is 11.7. The van der Waals surface area contributed by atoms with E-state index >= 15 is 4.79 Å². The highest BCUT2D eigenvalue weighted by Crippen LogP contribution is 2.66. The van der Waals surface area contributed by atoms with Gasteiger partial charge in [0.2, 0.25) is 5.91 Å². The Bertz CT molecular complexity index is 1420. The van der Waals surface area contributed by atoms with Crippen LogP contribution < -0.4 is 4.90 Å². The van der Waals surface area contributed by atoms with Gasteiger partial charge in [-0.2, -0.15) is 0 Å². The van der Waals surface area contributed by atoms with E-state index in [2.05, 4.69) is 13.2 Å². The van der Waals surface area contributed by atoms with Crippen molar-refractivity contribution in [3.63, 3.8) is 0 Å². The average molecular weight is 587 g/mol. The van der Waals surface area contributed by atoms with Crippen molar-refractivity contribution in [2.24, 2.45) is 17.8 Å². The van der Waals surface area contributed by atoms with Crippen LogP contribution >= 0.6 is 0 Å². The number of nitrogens with zero attached hydrogens (tertiary/aromatic N) is 2. The van der Waals surface area contributed by atoms with Crippen LogP contribution in [0.2, 0.25) is 0 Å². The van der Waals surface area contributed by atoms with Gasteiger partial charge in [-0.05, 0) is 62.3 Å². The Hall–Kier alpha value is -3.75. The first-order chi connectivity index (χ1) is 20.5. The number of amides is 2. The van der Waals surface area contributed by atoms with Crippen LogP contribution in [0.4, 0.5) is 5.69 Å². The number of esters is 1. The van der Waals surface area contributed by atoms with E-state index in [0.717, 1.165) is 11.1 Å². The summed E-state index contributed by atoms with van der Waals surface area (Å²) in [7, 11) is 0. The Morgan fingerprint density at radius 3 is 2.56 bits per heavy atom. The maximum absolute atomic E-state index is 15.0. The van der Waals surface area contributed by atoms with Gasteiger partial charge in [0.1, 0.15) is 17.6 Å². The predicted molar refractivity (Wildman–Crippen MR) is 164 cm³/mol. The number of hydrogen-bond donors (Lipinski definition) is 1. The number of hydrogen-bond acceptors (Lipinski definition) is 6. The Labute approximate surface area is 254 Å². The van der Waals surface area contributed by atoms with E-state index in [-0.39, 0.29) is 30.9 Å². The Morgan fingerprint density at radius 1 is 1.19 bits per heavy atom. The number of carbonyl (C=O) groups is 3. The van der Waals surface area contributed by atoms with E-state index in [4.69, 9.17) is 9.47 Å². The van der Waals surface area contributed by atoms with Crippen molar-refractivity contribution < 1.29 is 29.0 Å². The number of aryl methyl sites for hydroxylation is 2. The molecule has 2 bridgehead atoms. The van der Waals surface area contributed by atoms with Crippen molar-refractivity contribution in [1.82, 2.24) is 4.90 Å². The van der Waals surface area contributed by atoms with Crippen molar-refractivity contribution in [1.29, 1.82) is 0 Å². The second-order valence-corrected chi connectivity index (χ2v) is 12.3. The molecule has 228 valence electrons. The summed E-state index contributed by atoms with van der Waals surface area (Å²) >= 11 is 0. The van der Waals surface area contributed by atoms with E-state index in [1.165, 1.54) is 4.90 Å². The number of aliphatic hydroxyl groups is 1. The highest BCUT2D eigenvalue weighted by molar-refractivity contribution is 6.05. The van der Waals surface area contributed by atoms with Gasteiger partial charge in [-0.15, -0.1) is 13.2 Å². The third-order valence-corrected chi connectivity index (χ3v) is 9.73. The minimum Gasteiger partial charge on any atom is -0.465 e. The van der Waals surface area contributed by atoms with Gasteiger partial charge in [0, 0.05) is 12.2 Å². The topological polar surface area (TPSA) is 96.4 Å². The van der Waals surface area contributed by atoms with Crippen LogP contribution in [0.15, 0.2) is 73.8 Å². The van der Waals surface area contributed by atoms with Gasteiger partial charge in [-0.1, -0.05) is 61.5 Å². The van der Waals surface area contributed by atoms with Gasteiger partial charge < -0.3 is 24.4 Å². The number of likely N-dealkylation sites (tertiary alicyclic amines) is 1. The predicted octanol–water partition coefficient (Wildman–Crippen LogP) is 4.69. The molecule has 43 heavy (non-hydrogen) atoms. The van der Waals surface area contributed by atoms with Gasteiger partial charge in [0.25, 0.3) is 5.91 Å². The number of carbonyl (C=O) groups excluding carboxylic acids is 3. The van der Waals surface area contributed by atoms with Crippen LogP contribution in [0.25, 0.3) is 0 Å². The molecular weight excluding hydrogens is 544 g/mol. The molecule has 3 fully saturated rings. The Kier molecular flexibility index (Phi) is 8.38.